The van der Waals surface area contributed by atoms with Crippen molar-refractivity contribution < 1.29 is 9.21 Å². The molecule has 0 spiro atoms. The van der Waals surface area contributed by atoms with E-state index in [2.05, 4.69) is 22.1 Å². The lowest BCUT2D eigenvalue weighted by atomic mass is 9.96. The van der Waals surface area contributed by atoms with Crippen LogP contribution in [0.5, 0.6) is 0 Å². The van der Waals surface area contributed by atoms with E-state index in [1.54, 1.807) is 12.5 Å². The van der Waals surface area contributed by atoms with Gasteiger partial charge in [0.25, 0.3) is 0 Å². The Morgan fingerprint density at radius 1 is 1.48 bits per heavy atom. The van der Waals surface area contributed by atoms with E-state index in [4.69, 9.17) is 4.42 Å². The van der Waals surface area contributed by atoms with Gasteiger partial charge in [0.15, 0.2) is 0 Å². The second-order valence-electron chi connectivity index (χ2n) is 6.79. The molecule has 5 nitrogen and oxygen atoms in total. The van der Waals surface area contributed by atoms with E-state index >= 15 is 0 Å². The predicted octanol–water partition coefficient (Wildman–Crippen LogP) is 3.05. The van der Waals surface area contributed by atoms with Crippen LogP contribution in [0.1, 0.15) is 45.7 Å². The molecule has 23 heavy (non-hydrogen) atoms. The summed E-state index contributed by atoms with van der Waals surface area (Å²) in [5.74, 6) is 0.0858. The van der Waals surface area contributed by atoms with E-state index in [1.165, 1.54) is 6.42 Å². The van der Waals surface area contributed by atoms with Gasteiger partial charge in [-0.05, 0) is 51.9 Å². The van der Waals surface area contributed by atoms with E-state index in [0.29, 0.717) is 12.5 Å². The van der Waals surface area contributed by atoms with Crippen molar-refractivity contribution in [1.29, 1.82) is 0 Å². The molecule has 2 aromatic heterocycles. The highest BCUT2D eigenvalue weighted by Gasteiger charge is 2.30. The molecule has 0 aliphatic carbocycles. The van der Waals surface area contributed by atoms with Gasteiger partial charge in [-0.25, -0.2) is 0 Å². The van der Waals surface area contributed by atoms with E-state index in [1.807, 2.05) is 26.0 Å². The fourth-order valence-electron chi connectivity index (χ4n) is 3.61. The molecule has 124 valence electrons. The Morgan fingerprint density at radius 3 is 3.09 bits per heavy atom. The standard InChI is InChI=1S/C18H25N3O2/c1-4-21-10-5-6-13(21)12-16(22)20-18(2,3)17-14-8-11-23-15(14)7-9-19-17/h7-9,11,13H,4-6,10,12H2,1-3H3,(H,20,22). The summed E-state index contributed by atoms with van der Waals surface area (Å²) in [7, 11) is 0. The number of hydrogen-bond acceptors (Lipinski definition) is 4. The maximum Gasteiger partial charge on any atom is 0.222 e. The van der Waals surface area contributed by atoms with Crippen LogP contribution >= 0.6 is 0 Å². The van der Waals surface area contributed by atoms with Gasteiger partial charge < -0.3 is 14.6 Å². The van der Waals surface area contributed by atoms with Crippen molar-refractivity contribution in [3.05, 3.63) is 30.3 Å². The van der Waals surface area contributed by atoms with Crippen molar-refractivity contribution in [3.8, 4) is 0 Å². The largest absolute Gasteiger partial charge is 0.464 e. The summed E-state index contributed by atoms with van der Waals surface area (Å²) in [6.07, 6.45) is 6.23. The molecule has 0 aromatic carbocycles. The number of amides is 1. The third-order valence-electron chi connectivity index (χ3n) is 4.75. The first-order chi connectivity index (χ1) is 11.0. The minimum atomic E-state index is -0.532. The fourth-order valence-corrected chi connectivity index (χ4v) is 3.61. The molecular formula is C18H25N3O2. The third kappa shape index (κ3) is 3.24. The zero-order valence-electron chi connectivity index (χ0n) is 14.1. The van der Waals surface area contributed by atoms with Crippen LogP contribution in [0.4, 0.5) is 0 Å². The van der Waals surface area contributed by atoms with Crippen LogP contribution in [0.2, 0.25) is 0 Å². The van der Waals surface area contributed by atoms with Crippen LogP contribution in [0, 0.1) is 0 Å². The van der Waals surface area contributed by atoms with Crippen LogP contribution in [0.15, 0.2) is 29.0 Å². The molecule has 1 amide bonds. The molecule has 1 aliphatic heterocycles. The van der Waals surface area contributed by atoms with Crippen LogP contribution in [-0.4, -0.2) is 34.9 Å². The number of carbonyl (C=O) groups is 1. The average molecular weight is 315 g/mol. The summed E-state index contributed by atoms with van der Waals surface area (Å²) in [5.41, 5.74) is 1.11. The number of aromatic nitrogens is 1. The van der Waals surface area contributed by atoms with Crippen molar-refractivity contribution in [1.82, 2.24) is 15.2 Å². The second-order valence-corrected chi connectivity index (χ2v) is 6.79. The molecule has 1 saturated heterocycles. The molecule has 1 N–H and O–H groups in total. The fraction of sp³-hybridized carbons (Fsp3) is 0.556. The van der Waals surface area contributed by atoms with Crippen molar-refractivity contribution in [3.63, 3.8) is 0 Å². The zero-order chi connectivity index (χ0) is 16.4. The van der Waals surface area contributed by atoms with Gasteiger partial charge in [-0.1, -0.05) is 6.92 Å². The average Bonchev–Trinajstić information content (AvgIpc) is 3.14. The Kier molecular flexibility index (Phi) is 4.39. The number of nitrogens with zero attached hydrogens (tertiary/aromatic N) is 2. The molecule has 2 aromatic rings. The van der Waals surface area contributed by atoms with Crippen LogP contribution in [-0.2, 0) is 10.3 Å². The van der Waals surface area contributed by atoms with Gasteiger partial charge in [-0.3, -0.25) is 9.78 Å². The normalized spacial score (nSPS) is 19.3. The predicted molar refractivity (Wildman–Crippen MR) is 90.1 cm³/mol. The van der Waals surface area contributed by atoms with Crippen molar-refractivity contribution in [2.24, 2.45) is 0 Å². The summed E-state index contributed by atoms with van der Waals surface area (Å²) >= 11 is 0. The van der Waals surface area contributed by atoms with E-state index in [9.17, 15) is 4.79 Å². The number of rotatable bonds is 5. The Morgan fingerprint density at radius 2 is 2.30 bits per heavy atom. The van der Waals surface area contributed by atoms with Gasteiger partial charge in [-0.15, -0.1) is 0 Å². The first-order valence-electron chi connectivity index (χ1n) is 8.39. The monoisotopic (exact) mass is 315 g/mol. The number of hydrogen-bond donors (Lipinski definition) is 1. The molecule has 1 unspecified atom stereocenters. The van der Waals surface area contributed by atoms with Gasteiger partial charge in [0.05, 0.1) is 17.5 Å². The maximum absolute atomic E-state index is 12.5. The molecule has 0 radical (unpaired) electrons. The van der Waals surface area contributed by atoms with E-state index < -0.39 is 5.54 Å². The topological polar surface area (TPSA) is 58.4 Å². The summed E-state index contributed by atoms with van der Waals surface area (Å²) < 4.78 is 5.44. The van der Waals surface area contributed by atoms with Gasteiger partial charge >= 0.3 is 0 Å². The number of likely N-dealkylation sites (tertiary alicyclic amines) is 1. The first kappa shape index (κ1) is 16.0. The van der Waals surface area contributed by atoms with Crippen LogP contribution in [0.3, 0.4) is 0 Å². The summed E-state index contributed by atoms with van der Waals surface area (Å²) in [6, 6.07) is 4.11. The van der Waals surface area contributed by atoms with Crippen molar-refractivity contribution in [2.45, 2.75) is 51.6 Å². The summed E-state index contributed by atoms with van der Waals surface area (Å²) in [6.45, 7) is 8.26. The second kappa shape index (κ2) is 6.32. The zero-order valence-corrected chi connectivity index (χ0v) is 14.1. The minimum absolute atomic E-state index is 0.0858. The van der Waals surface area contributed by atoms with Crippen molar-refractivity contribution in [2.75, 3.05) is 13.1 Å². The lowest BCUT2D eigenvalue weighted by Gasteiger charge is -2.28. The lowest BCUT2D eigenvalue weighted by molar-refractivity contribution is -0.123. The Labute approximate surface area is 137 Å². The number of furan rings is 1. The third-order valence-corrected chi connectivity index (χ3v) is 4.75. The number of carbonyl (C=O) groups excluding carboxylic acids is 1. The lowest BCUT2D eigenvalue weighted by Crippen LogP contribution is -2.44. The quantitative estimate of drug-likeness (QED) is 0.921. The Hall–Kier alpha value is -1.88. The van der Waals surface area contributed by atoms with Gasteiger partial charge in [0.2, 0.25) is 5.91 Å². The smallest absolute Gasteiger partial charge is 0.222 e. The van der Waals surface area contributed by atoms with E-state index in [-0.39, 0.29) is 5.91 Å². The molecule has 1 fully saturated rings. The molecule has 0 bridgehead atoms. The summed E-state index contributed by atoms with van der Waals surface area (Å²) in [4.78, 5) is 19.4. The maximum atomic E-state index is 12.5. The highest BCUT2D eigenvalue weighted by Crippen LogP contribution is 2.27. The molecule has 1 atom stereocenters. The SMILES string of the molecule is CCN1CCCC1CC(=O)NC(C)(C)c1nccc2occc12. The highest BCUT2D eigenvalue weighted by atomic mass is 16.3. The molecular weight excluding hydrogens is 290 g/mol. The van der Waals surface area contributed by atoms with Gasteiger partial charge in [0.1, 0.15) is 5.58 Å². The number of pyridine rings is 1. The Bertz CT molecular complexity index is 692. The van der Waals surface area contributed by atoms with Crippen molar-refractivity contribution >= 4 is 16.9 Å². The van der Waals surface area contributed by atoms with Gasteiger partial charge in [-0.2, -0.15) is 0 Å². The molecule has 0 saturated carbocycles. The number of nitrogens with one attached hydrogen (secondary N) is 1. The van der Waals surface area contributed by atoms with Crippen LogP contribution < -0.4 is 5.32 Å². The molecule has 3 heterocycles. The van der Waals surface area contributed by atoms with Crippen LogP contribution in [0.25, 0.3) is 11.0 Å². The highest BCUT2D eigenvalue weighted by molar-refractivity contribution is 5.82. The number of fused-ring (bicyclic) bond motifs is 1. The molecule has 5 heteroatoms. The summed E-state index contributed by atoms with van der Waals surface area (Å²) in [5, 5.41) is 4.11. The van der Waals surface area contributed by atoms with Gasteiger partial charge in [0, 0.05) is 24.0 Å². The first-order valence-corrected chi connectivity index (χ1v) is 8.39. The molecule has 3 rings (SSSR count). The minimum Gasteiger partial charge on any atom is -0.464 e. The Balaban J connectivity index is 1.73. The van der Waals surface area contributed by atoms with E-state index in [0.717, 1.165) is 36.2 Å². The molecule has 1 aliphatic rings.